The zero-order valence-corrected chi connectivity index (χ0v) is 12.7. The van der Waals surface area contributed by atoms with Crippen molar-refractivity contribution in [3.8, 4) is 0 Å². The van der Waals surface area contributed by atoms with Crippen LogP contribution in [0.1, 0.15) is 44.0 Å². The normalized spacial score (nSPS) is 12.5. The van der Waals surface area contributed by atoms with Crippen LogP contribution in [0.5, 0.6) is 0 Å². The summed E-state index contributed by atoms with van der Waals surface area (Å²) in [6.07, 6.45) is 1.21. The number of rotatable bonds is 5. The van der Waals surface area contributed by atoms with Gasteiger partial charge in [-0.25, -0.2) is 0 Å². The van der Waals surface area contributed by atoms with Crippen LogP contribution in [0.2, 0.25) is 0 Å². The molecule has 0 amide bonds. The molecule has 21 heavy (non-hydrogen) atoms. The number of para-hydroxylation sites is 1. The molecule has 0 bridgehead atoms. The summed E-state index contributed by atoms with van der Waals surface area (Å²) < 4.78 is 2.16. The molecular formula is C17H21NO3. The highest BCUT2D eigenvalue weighted by atomic mass is 16.4. The average molecular weight is 287 g/mol. The first kappa shape index (κ1) is 15.3. The van der Waals surface area contributed by atoms with Gasteiger partial charge in [0, 0.05) is 29.1 Å². The van der Waals surface area contributed by atoms with Crippen LogP contribution in [0.3, 0.4) is 0 Å². The van der Waals surface area contributed by atoms with E-state index in [1.807, 2.05) is 31.2 Å². The van der Waals surface area contributed by atoms with Gasteiger partial charge < -0.3 is 9.67 Å². The van der Waals surface area contributed by atoms with Gasteiger partial charge in [-0.2, -0.15) is 0 Å². The lowest BCUT2D eigenvalue weighted by molar-refractivity contribution is -0.136. The first-order chi connectivity index (χ1) is 9.97. The maximum Gasteiger partial charge on any atom is 0.303 e. The van der Waals surface area contributed by atoms with Crippen molar-refractivity contribution < 1.29 is 9.90 Å². The molecule has 0 aliphatic rings. The number of carbonyl (C=O) groups is 1. The van der Waals surface area contributed by atoms with Crippen molar-refractivity contribution in [2.75, 3.05) is 0 Å². The smallest absolute Gasteiger partial charge is 0.303 e. The van der Waals surface area contributed by atoms with Gasteiger partial charge >= 0.3 is 5.97 Å². The standard InChI is InChI=1S/C17H21NO3/c1-4-11(2)18-12(3)13(9-10-16(19)20)17(21)14-7-5-6-8-15(14)18/h5-8,11H,4,9-10H2,1-3H3,(H,19,20). The molecule has 0 spiro atoms. The fourth-order valence-electron chi connectivity index (χ4n) is 2.81. The quantitative estimate of drug-likeness (QED) is 0.918. The third kappa shape index (κ3) is 2.84. The Balaban J connectivity index is 2.74. The predicted octanol–water partition coefficient (Wildman–Crippen LogP) is 3.30. The SMILES string of the molecule is CCC(C)n1c(C)c(CCC(=O)O)c(=O)c2ccccc21. The second kappa shape index (κ2) is 6.12. The van der Waals surface area contributed by atoms with Crippen LogP contribution in [-0.4, -0.2) is 15.6 Å². The first-order valence-corrected chi connectivity index (χ1v) is 7.31. The molecule has 2 aromatic rings. The second-order valence-electron chi connectivity index (χ2n) is 5.43. The highest BCUT2D eigenvalue weighted by Crippen LogP contribution is 2.23. The van der Waals surface area contributed by atoms with Gasteiger partial charge in [-0.05, 0) is 38.8 Å². The number of hydrogen-bond donors (Lipinski definition) is 1. The number of nitrogens with zero attached hydrogens (tertiary/aromatic N) is 1. The number of aliphatic carboxylic acids is 1. The maximum absolute atomic E-state index is 12.6. The van der Waals surface area contributed by atoms with Crippen LogP contribution >= 0.6 is 0 Å². The molecule has 1 heterocycles. The van der Waals surface area contributed by atoms with E-state index < -0.39 is 5.97 Å². The Labute approximate surface area is 124 Å². The van der Waals surface area contributed by atoms with E-state index in [-0.39, 0.29) is 24.3 Å². The van der Waals surface area contributed by atoms with Gasteiger partial charge in [-0.1, -0.05) is 19.1 Å². The van der Waals surface area contributed by atoms with Crippen LogP contribution < -0.4 is 5.43 Å². The van der Waals surface area contributed by atoms with Crippen molar-refractivity contribution in [2.45, 2.75) is 46.1 Å². The zero-order valence-electron chi connectivity index (χ0n) is 12.7. The molecular weight excluding hydrogens is 266 g/mol. The zero-order chi connectivity index (χ0) is 15.6. The van der Waals surface area contributed by atoms with Crippen LogP contribution in [0, 0.1) is 6.92 Å². The summed E-state index contributed by atoms with van der Waals surface area (Å²) in [5.74, 6) is -0.878. The van der Waals surface area contributed by atoms with Gasteiger partial charge in [0.25, 0.3) is 0 Å². The molecule has 1 aromatic carbocycles. The lowest BCUT2D eigenvalue weighted by atomic mass is 10.0. The van der Waals surface area contributed by atoms with Gasteiger partial charge in [0.05, 0.1) is 5.52 Å². The van der Waals surface area contributed by atoms with Crippen molar-refractivity contribution in [3.05, 3.63) is 45.7 Å². The molecule has 1 unspecified atom stereocenters. The molecule has 4 nitrogen and oxygen atoms in total. The van der Waals surface area contributed by atoms with Crippen LogP contribution in [0.25, 0.3) is 10.9 Å². The molecule has 4 heteroatoms. The average Bonchev–Trinajstić information content (AvgIpc) is 2.46. The highest BCUT2D eigenvalue weighted by Gasteiger charge is 2.17. The lowest BCUT2D eigenvalue weighted by Gasteiger charge is -2.23. The Morgan fingerprint density at radius 2 is 2.00 bits per heavy atom. The molecule has 112 valence electrons. The minimum absolute atomic E-state index is 0.0189. The van der Waals surface area contributed by atoms with E-state index in [0.29, 0.717) is 10.9 Å². The van der Waals surface area contributed by atoms with Crippen LogP contribution in [-0.2, 0) is 11.2 Å². The second-order valence-corrected chi connectivity index (χ2v) is 5.43. The highest BCUT2D eigenvalue weighted by molar-refractivity contribution is 5.80. The fourth-order valence-corrected chi connectivity index (χ4v) is 2.81. The Kier molecular flexibility index (Phi) is 4.46. The third-order valence-corrected chi connectivity index (χ3v) is 4.10. The molecule has 1 N–H and O–H groups in total. The minimum Gasteiger partial charge on any atom is -0.481 e. The molecule has 2 rings (SSSR count). The van der Waals surface area contributed by atoms with E-state index in [9.17, 15) is 9.59 Å². The number of carboxylic acid groups (broad SMARTS) is 1. The molecule has 0 saturated carbocycles. The fraction of sp³-hybridized carbons (Fsp3) is 0.412. The Morgan fingerprint density at radius 1 is 1.33 bits per heavy atom. The Morgan fingerprint density at radius 3 is 2.62 bits per heavy atom. The predicted molar refractivity (Wildman–Crippen MR) is 83.9 cm³/mol. The number of aromatic nitrogens is 1. The van der Waals surface area contributed by atoms with Crippen molar-refractivity contribution in [1.82, 2.24) is 4.57 Å². The van der Waals surface area contributed by atoms with E-state index in [0.717, 1.165) is 17.6 Å². The summed E-state index contributed by atoms with van der Waals surface area (Å²) in [7, 11) is 0. The molecule has 0 aliphatic heterocycles. The molecule has 0 aliphatic carbocycles. The van der Waals surface area contributed by atoms with E-state index in [4.69, 9.17) is 5.11 Å². The molecule has 1 aromatic heterocycles. The lowest BCUT2D eigenvalue weighted by Crippen LogP contribution is -2.21. The number of hydrogen-bond acceptors (Lipinski definition) is 2. The number of benzene rings is 1. The van der Waals surface area contributed by atoms with Gasteiger partial charge in [-0.3, -0.25) is 9.59 Å². The summed E-state index contributed by atoms with van der Waals surface area (Å²) in [6.45, 7) is 6.13. The van der Waals surface area contributed by atoms with Crippen molar-refractivity contribution in [1.29, 1.82) is 0 Å². The van der Waals surface area contributed by atoms with E-state index in [2.05, 4.69) is 18.4 Å². The third-order valence-electron chi connectivity index (χ3n) is 4.10. The van der Waals surface area contributed by atoms with Crippen molar-refractivity contribution in [3.63, 3.8) is 0 Å². The summed E-state index contributed by atoms with van der Waals surface area (Å²) in [6, 6.07) is 7.81. The van der Waals surface area contributed by atoms with E-state index in [1.165, 1.54) is 0 Å². The summed E-state index contributed by atoms with van der Waals surface area (Å²) in [5.41, 5.74) is 2.39. The van der Waals surface area contributed by atoms with Gasteiger partial charge in [0.1, 0.15) is 0 Å². The van der Waals surface area contributed by atoms with E-state index >= 15 is 0 Å². The topological polar surface area (TPSA) is 59.3 Å². The van der Waals surface area contributed by atoms with Crippen LogP contribution in [0.15, 0.2) is 29.1 Å². The minimum atomic E-state index is -0.878. The summed E-state index contributed by atoms with van der Waals surface area (Å²) in [5, 5.41) is 9.56. The summed E-state index contributed by atoms with van der Waals surface area (Å²) in [4.78, 5) is 23.4. The van der Waals surface area contributed by atoms with Crippen molar-refractivity contribution >= 4 is 16.9 Å². The van der Waals surface area contributed by atoms with Gasteiger partial charge in [0.2, 0.25) is 0 Å². The number of carboxylic acids is 1. The maximum atomic E-state index is 12.6. The molecule has 0 radical (unpaired) electrons. The number of pyridine rings is 1. The largest absolute Gasteiger partial charge is 0.481 e. The molecule has 0 saturated heterocycles. The molecule has 0 fully saturated rings. The van der Waals surface area contributed by atoms with Crippen LogP contribution in [0.4, 0.5) is 0 Å². The number of fused-ring (bicyclic) bond motifs is 1. The summed E-state index contributed by atoms with van der Waals surface area (Å²) >= 11 is 0. The molecule has 1 atom stereocenters. The Hall–Kier alpha value is -2.10. The monoisotopic (exact) mass is 287 g/mol. The van der Waals surface area contributed by atoms with Gasteiger partial charge in [0.15, 0.2) is 5.43 Å². The Bertz CT molecular complexity index is 731. The first-order valence-electron chi connectivity index (χ1n) is 7.31. The van der Waals surface area contributed by atoms with Crippen molar-refractivity contribution in [2.24, 2.45) is 0 Å². The van der Waals surface area contributed by atoms with Gasteiger partial charge in [-0.15, -0.1) is 0 Å². The van der Waals surface area contributed by atoms with E-state index in [1.54, 1.807) is 0 Å².